The molecule has 8 atom stereocenters. The molecule has 0 radical (unpaired) electrons. The van der Waals surface area contributed by atoms with E-state index in [0.717, 1.165) is 38.5 Å². The first-order chi connectivity index (χ1) is 28.3. The van der Waals surface area contributed by atoms with Gasteiger partial charge in [-0.05, 0) is 94.6 Å². The van der Waals surface area contributed by atoms with Gasteiger partial charge in [-0.25, -0.2) is 32.0 Å². The van der Waals surface area contributed by atoms with E-state index in [1.807, 2.05) is 17.7 Å². The van der Waals surface area contributed by atoms with Gasteiger partial charge in [0, 0.05) is 12.0 Å². The highest BCUT2D eigenvalue weighted by Crippen LogP contribution is 2.49. The Morgan fingerprint density at radius 1 is 1.07 bits per heavy atom. The van der Waals surface area contributed by atoms with Crippen molar-refractivity contribution in [2.24, 2.45) is 23.2 Å². The molecule has 18 heteroatoms. The van der Waals surface area contributed by atoms with Crippen LogP contribution in [0.4, 0.5) is 13.6 Å². The third-order valence-electron chi connectivity index (χ3n) is 13.3. The average molecular weight is 861 g/mol. The molecule has 2 aliphatic heterocycles. The van der Waals surface area contributed by atoms with Crippen LogP contribution in [0.2, 0.25) is 0 Å². The summed E-state index contributed by atoms with van der Waals surface area (Å²) in [6.45, 7) is 8.84. The molecule has 5 aliphatic rings. The second-order valence-corrected chi connectivity index (χ2v) is 20.6. The van der Waals surface area contributed by atoms with Crippen molar-refractivity contribution in [2.45, 2.75) is 153 Å². The number of carbonyl (C=O) groups is 4. The van der Waals surface area contributed by atoms with Crippen LogP contribution < -0.4 is 24.8 Å². The fourth-order valence-corrected chi connectivity index (χ4v) is 10.9. The number of sulfonamides is 1. The zero-order chi connectivity index (χ0) is 43.4. The fourth-order valence-electron chi connectivity index (χ4n) is 9.49. The van der Waals surface area contributed by atoms with Crippen LogP contribution in [-0.2, 0) is 35.6 Å². The van der Waals surface area contributed by atoms with Gasteiger partial charge in [-0.15, -0.1) is 0 Å². The quantitative estimate of drug-likeness (QED) is 0.316. The van der Waals surface area contributed by atoms with E-state index < -0.39 is 98.5 Å². The Labute approximate surface area is 349 Å². The summed E-state index contributed by atoms with van der Waals surface area (Å²) in [5.41, 5.74) is -2.19. The second-order valence-electron chi connectivity index (χ2n) is 18.6. The number of alkyl carbamates (subject to hydrolysis) is 1. The molecular formula is C42H58F2N6O9S. The van der Waals surface area contributed by atoms with E-state index >= 15 is 4.79 Å². The van der Waals surface area contributed by atoms with Crippen molar-refractivity contribution in [3.05, 3.63) is 23.9 Å². The van der Waals surface area contributed by atoms with Crippen LogP contribution in [0.5, 0.6) is 11.6 Å². The molecule has 4 fully saturated rings. The van der Waals surface area contributed by atoms with Crippen molar-refractivity contribution < 1.29 is 50.6 Å². The molecule has 1 saturated heterocycles. The van der Waals surface area contributed by atoms with Crippen molar-refractivity contribution in [3.63, 3.8) is 0 Å². The Hall–Kier alpha value is -4.35. The van der Waals surface area contributed by atoms with E-state index in [2.05, 4.69) is 10.6 Å². The molecule has 3 heterocycles. The smallest absolute Gasteiger partial charge is 0.408 e. The number of nitrogens with one attached hydrogen (secondary N) is 3. The van der Waals surface area contributed by atoms with Gasteiger partial charge in [0.2, 0.25) is 34.1 Å². The second kappa shape index (κ2) is 16.5. The van der Waals surface area contributed by atoms with Gasteiger partial charge in [0.15, 0.2) is 0 Å². The first kappa shape index (κ1) is 43.7. The number of carbonyl (C=O) groups excluding carboxylic acids is 4. The summed E-state index contributed by atoms with van der Waals surface area (Å²) in [7, 11) is -2.61. The molecule has 2 bridgehead atoms. The minimum atomic E-state index is -4.15. The standard InChI is InChI=1S/C42H58F2N6O9S/c1-7-26-31-22-50(32(26)35(51)48-42(21-27(42)34(43)44)38(53)49-60(55,56)25-16-17-25)37(52)33(40(2,3)4)47-39(54)59-41(5)19-11-13-23(41)12-9-8-10-14-29-36(58-31)46-30-20-24(57-6)15-18-28(30)45-29/h15,18,20,23,25-27,31-34H,7-14,16-17,19,21-22H2,1-6H3,(H,47,54)(H,48,51)(H,49,53)/t23-,26-,27+,31+,32?,33-,41-,42-/m1/s1. The highest BCUT2D eigenvalue weighted by atomic mass is 32.2. The lowest BCUT2D eigenvalue weighted by Gasteiger charge is -2.37. The lowest BCUT2D eigenvalue weighted by molar-refractivity contribution is -0.144. The van der Waals surface area contributed by atoms with Crippen molar-refractivity contribution in [1.29, 1.82) is 0 Å². The average Bonchev–Trinajstić information content (AvgIpc) is 4.10. The zero-order valence-corrected chi connectivity index (χ0v) is 36.0. The van der Waals surface area contributed by atoms with Crippen LogP contribution in [-0.4, -0.2) is 102 Å². The number of aromatic nitrogens is 2. The summed E-state index contributed by atoms with van der Waals surface area (Å²) in [5.74, 6) is -4.39. The van der Waals surface area contributed by atoms with Crippen LogP contribution in [0, 0.1) is 23.2 Å². The third-order valence-corrected chi connectivity index (χ3v) is 15.1. The SMILES string of the molecule is CC[C@H]1C(C(=O)N[C@]2(C(=O)NS(=O)(=O)C3CC3)C[C@H]2C(F)F)N2C[C@@H]1Oc1nc3cc(OC)ccc3nc1CCCCC[C@@H]1CCC[C@@]1(C)OC(=O)N[C@@H](C(C)(C)C)C2=O. The number of halogens is 2. The van der Waals surface area contributed by atoms with Crippen LogP contribution in [0.1, 0.15) is 111 Å². The summed E-state index contributed by atoms with van der Waals surface area (Å²) in [6.07, 6.45) is 2.03. The summed E-state index contributed by atoms with van der Waals surface area (Å²) in [4.78, 5) is 68.3. The summed E-state index contributed by atoms with van der Waals surface area (Å²) < 4.78 is 74.6. The maximum absolute atomic E-state index is 15.0. The molecule has 1 aromatic heterocycles. The molecule has 3 saturated carbocycles. The van der Waals surface area contributed by atoms with Crippen LogP contribution in [0.15, 0.2) is 18.2 Å². The van der Waals surface area contributed by atoms with Crippen molar-refractivity contribution in [3.8, 4) is 11.6 Å². The largest absolute Gasteiger partial charge is 0.497 e. The molecule has 1 unspecified atom stereocenters. The number of alkyl halides is 2. The first-order valence-corrected chi connectivity index (χ1v) is 22.8. The highest BCUT2D eigenvalue weighted by molar-refractivity contribution is 7.91. The summed E-state index contributed by atoms with van der Waals surface area (Å²) in [5, 5.41) is 4.52. The van der Waals surface area contributed by atoms with Gasteiger partial charge in [-0.2, -0.15) is 0 Å². The van der Waals surface area contributed by atoms with Crippen LogP contribution >= 0.6 is 0 Å². The Kier molecular flexibility index (Phi) is 12.0. The number of ether oxygens (including phenoxy) is 3. The molecule has 15 nitrogen and oxygen atoms in total. The number of nitrogens with zero attached hydrogens (tertiary/aromatic N) is 3. The predicted octanol–water partition coefficient (Wildman–Crippen LogP) is 5.19. The lowest BCUT2D eigenvalue weighted by Crippen LogP contribution is -2.61. The number of aryl methyl sites for hydroxylation is 1. The molecule has 60 heavy (non-hydrogen) atoms. The summed E-state index contributed by atoms with van der Waals surface area (Å²) >= 11 is 0. The number of hydrogen-bond acceptors (Lipinski definition) is 11. The Balaban J connectivity index is 1.29. The maximum Gasteiger partial charge on any atom is 0.408 e. The normalized spacial score (nSPS) is 31.5. The van der Waals surface area contributed by atoms with Crippen molar-refractivity contribution >= 4 is 44.9 Å². The van der Waals surface area contributed by atoms with Gasteiger partial charge in [0.1, 0.15) is 40.8 Å². The lowest BCUT2D eigenvalue weighted by atomic mass is 9.85. The van der Waals surface area contributed by atoms with Gasteiger partial charge in [-0.3, -0.25) is 19.1 Å². The van der Waals surface area contributed by atoms with Crippen molar-refractivity contribution in [1.82, 2.24) is 30.2 Å². The van der Waals surface area contributed by atoms with Gasteiger partial charge < -0.3 is 29.7 Å². The Morgan fingerprint density at radius 3 is 2.45 bits per heavy atom. The molecule has 330 valence electrons. The minimum absolute atomic E-state index is 0.112. The first-order valence-electron chi connectivity index (χ1n) is 21.3. The zero-order valence-electron chi connectivity index (χ0n) is 35.2. The minimum Gasteiger partial charge on any atom is -0.497 e. The molecule has 4 amide bonds. The van der Waals surface area contributed by atoms with E-state index in [-0.39, 0.29) is 24.8 Å². The van der Waals surface area contributed by atoms with E-state index in [0.29, 0.717) is 48.2 Å². The van der Waals surface area contributed by atoms with E-state index in [4.69, 9.17) is 24.2 Å². The summed E-state index contributed by atoms with van der Waals surface area (Å²) in [6, 6.07) is 2.72. The topological polar surface area (TPSA) is 195 Å². The van der Waals surface area contributed by atoms with E-state index in [1.54, 1.807) is 46.9 Å². The van der Waals surface area contributed by atoms with Crippen molar-refractivity contribution in [2.75, 3.05) is 13.7 Å². The van der Waals surface area contributed by atoms with Crippen LogP contribution in [0.25, 0.3) is 11.0 Å². The highest BCUT2D eigenvalue weighted by Gasteiger charge is 2.67. The molecule has 3 N–H and O–H groups in total. The third kappa shape index (κ3) is 8.71. The van der Waals surface area contributed by atoms with Gasteiger partial charge in [-0.1, -0.05) is 40.5 Å². The number of amides is 4. The van der Waals surface area contributed by atoms with Gasteiger partial charge in [0.05, 0.1) is 35.9 Å². The monoisotopic (exact) mass is 860 g/mol. The number of fused-ring (bicyclic) bond motifs is 5. The molecular weight excluding hydrogens is 803 g/mol. The molecule has 7 rings (SSSR count). The fraction of sp³-hybridized carbons (Fsp3) is 0.714. The number of benzene rings is 1. The Morgan fingerprint density at radius 2 is 1.80 bits per heavy atom. The predicted molar refractivity (Wildman–Crippen MR) is 216 cm³/mol. The van der Waals surface area contributed by atoms with Gasteiger partial charge in [0.25, 0.3) is 5.91 Å². The van der Waals surface area contributed by atoms with Crippen LogP contribution in [0.3, 0.4) is 0 Å². The van der Waals surface area contributed by atoms with E-state index in [9.17, 15) is 31.6 Å². The number of methoxy groups -OCH3 is 1. The van der Waals surface area contributed by atoms with E-state index in [1.165, 1.54) is 4.90 Å². The number of hydrogen-bond donors (Lipinski definition) is 3. The maximum atomic E-state index is 15.0. The Bertz CT molecular complexity index is 2120. The number of rotatable bonds is 8. The van der Waals surface area contributed by atoms with Gasteiger partial charge >= 0.3 is 6.09 Å². The molecule has 3 aliphatic carbocycles. The molecule has 1 aromatic carbocycles. The molecule has 2 aromatic rings. The molecule has 0 spiro atoms.